The van der Waals surface area contributed by atoms with Crippen LogP contribution in [-0.4, -0.2) is 44.4 Å². The van der Waals surface area contributed by atoms with Crippen LogP contribution in [0.5, 0.6) is 0 Å². The average molecular weight is 257 g/mol. The number of amides is 1. The van der Waals surface area contributed by atoms with Crippen LogP contribution in [-0.2, 0) is 4.79 Å². The van der Waals surface area contributed by atoms with Crippen LogP contribution in [0.2, 0.25) is 0 Å². The van der Waals surface area contributed by atoms with Gasteiger partial charge >= 0.3 is 5.97 Å². The van der Waals surface area contributed by atoms with Crippen molar-refractivity contribution in [3.05, 3.63) is 36.3 Å². The Hall–Kier alpha value is -2.81. The van der Waals surface area contributed by atoms with E-state index < -0.39 is 18.4 Å². The molecule has 2 heterocycles. The molecule has 0 aliphatic heterocycles. The third kappa shape index (κ3) is 2.72. The molecule has 0 bridgehead atoms. The van der Waals surface area contributed by atoms with Gasteiger partial charge in [-0.2, -0.15) is 0 Å². The molecule has 0 unspecified atom stereocenters. The van der Waals surface area contributed by atoms with Gasteiger partial charge in [0.1, 0.15) is 17.9 Å². The number of fused-ring (bicyclic) bond motifs is 1. The molecule has 0 radical (unpaired) electrons. The predicted molar refractivity (Wildman–Crippen MR) is 67.6 cm³/mol. The van der Waals surface area contributed by atoms with E-state index in [1.165, 1.54) is 0 Å². The number of aliphatic carboxylic acids is 1. The molecule has 0 aliphatic rings. The lowest BCUT2D eigenvalue weighted by Crippen LogP contribution is -2.36. The number of carboxylic acid groups (broad SMARTS) is 1. The van der Waals surface area contributed by atoms with Crippen molar-refractivity contribution in [2.75, 3.05) is 13.1 Å². The monoisotopic (exact) mass is 257 g/mol. The number of nitrogens with zero attached hydrogens (tertiary/aromatic N) is 3. The Morgan fingerprint density at radius 1 is 1.47 bits per heavy atom. The quantitative estimate of drug-likeness (QED) is 0.809. The lowest BCUT2D eigenvalue weighted by atomic mass is 10.3. The molecule has 6 heteroatoms. The van der Waals surface area contributed by atoms with Gasteiger partial charge in [0.15, 0.2) is 0 Å². The van der Waals surface area contributed by atoms with Crippen LogP contribution in [0.4, 0.5) is 0 Å². The van der Waals surface area contributed by atoms with Crippen molar-refractivity contribution in [2.24, 2.45) is 0 Å². The van der Waals surface area contributed by atoms with Crippen LogP contribution in [0, 0.1) is 12.3 Å². The Bertz CT molecular complexity index is 636. The summed E-state index contributed by atoms with van der Waals surface area (Å²) in [6.07, 6.45) is 8.43. The first-order valence-corrected chi connectivity index (χ1v) is 5.50. The summed E-state index contributed by atoms with van der Waals surface area (Å²) in [7, 11) is 0. The largest absolute Gasteiger partial charge is 0.480 e. The molecule has 1 amide bonds. The predicted octanol–water partition coefficient (Wildman–Crippen LogP) is 0.494. The minimum atomic E-state index is -1.12. The van der Waals surface area contributed by atoms with Gasteiger partial charge in [-0.05, 0) is 12.1 Å². The first kappa shape index (κ1) is 12.6. The van der Waals surface area contributed by atoms with Gasteiger partial charge in [0, 0.05) is 12.4 Å². The number of aromatic nitrogens is 2. The fraction of sp³-hybridized carbons (Fsp3) is 0.154. The van der Waals surface area contributed by atoms with Crippen LogP contribution in [0.1, 0.15) is 10.5 Å². The van der Waals surface area contributed by atoms with E-state index in [0.29, 0.717) is 5.65 Å². The van der Waals surface area contributed by atoms with Gasteiger partial charge in [0.25, 0.3) is 5.91 Å². The Morgan fingerprint density at radius 2 is 2.26 bits per heavy atom. The van der Waals surface area contributed by atoms with E-state index in [9.17, 15) is 9.59 Å². The fourth-order valence-electron chi connectivity index (χ4n) is 1.67. The molecule has 1 N–H and O–H groups in total. The molecule has 2 rings (SSSR count). The molecule has 0 aliphatic carbocycles. The summed E-state index contributed by atoms with van der Waals surface area (Å²) in [6.45, 7) is -0.518. The summed E-state index contributed by atoms with van der Waals surface area (Å²) in [6, 6.07) is 5.35. The number of rotatable bonds is 4. The van der Waals surface area contributed by atoms with Crippen LogP contribution < -0.4 is 0 Å². The SMILES string of the molecule is C#CCN(CC(=O)O)C(=O)c1cn2ccccc2n1. The fourth-order valence-corrected chi connectivity index (χ4v) is 1.67. The van der Waals surface area contributed by atoms with Crippen molar-refractivity contribution in [1.82, 2.24) is 14.3 Å². The summed E-state index contributed by atoms with van der Waals surface area (Å²) in [5.74, 6) is 0.650. The number of hydrogen-bond acceptors (Lipinski definition) is 3. The molecular formula is C13H11N3O3. The van der Waals surface area contributed by atoms with E-state index in [1.54, 1.807) is 35.0 Å². The van der Waals surface area contributed by atoms with E-state index in [2.05, 4.69) is 10.9 Å². The average Bonchev–Trinajstić information content (AvgIpc) is 2.80. The van der Waals surface area contributed by atoms with Crippen LogP contribution in [0.25, 0.3) is 5.65 Å². The molecule has 0 fully saturated rings. The summed E-state index contributed by atoms with van der Waals surface area (Å²) in [5.41, 5.74) is 0.782. The minimum Gasteiger partial charge on any atom is -0.480 e. The van der Waals surface area contributed by atoms with E-state index in [0.717, 1.165) is 4.90 Å². The number of carbonyl (C=O) groups is 2. The molecule has 2 aromatic heterocycles. The summed E-state index contributed by atoms with van der Waals surface area (Å²) < 4.78 is 1.68. The lowest BCUT2D eigenvalue weighted by molar-refractivity contribution is -0.137. The molecule has 0 atom stereocenters. The summed E-state index contributed by atoms with van der Waals surface area (Å²) >= 11 is 0. The first-order valence-electron chi connectivity index (χ1n) is 5.50. The second-order valence-corrected chi connectivity index (χ2v) is 3.85. The van der Waals surface area contributed by atoms with Gasteiger partial charge in [-0.25, -0.2) is 4.98 Å². The van der Waals surface area contributed by atoms with Gasteiger partial charge in [0.05, 0.1) is 6.54 Å². The van der Waals surface area contributed by atoms with Gasteiger partial charge in [-0.15, -0.1) is 6.42 Å². The van der Waals surface area contributed by atoms with Crippen molar-refractivity contribution < 1.29 is 14.7 Å². The Kier molecular flexibility index (Phi) is 3.48. The number of terminal acetylenes is 1. The highest BCUT2D eigenvalue weighted by molar-refractivity contribution is 5.94. The van der Waals surface area contributed by atoms with Gasteiger partial charge in [-0.3, -0.25) is 9.59 Å². The lowest BCUT2D eigenvalue weighted by Gasteiger charge is -2.16. The summed E-state index contributed by atoms with van der Waals surface area (Å²) in [5, 5.41) is 8.76. The Morgan fingerprint density at radius 3 is 2.89 bits per heavy atom. The molecular weight excluding hydrogens is 246 g/mol. The maximum Gasteiger partial charge on any atom is 0.323 e. The van der Waals surface area contributed by atoms with E-state index in [-0.39, 0.29) is 12.2 Å². The van der Waals surface area contributed by atoms with Crippen LogP contribution >= 0.6 is 0 Å². The van der Waals surface area contributed by atoms with Crippen LogP contribution in [0.3, 0.4) is 0 Å². The van der Waals surface area contributed by atoms with E-state index >= 15 is 0 Å². The maximum atomic E-state index is 12.1. The number of hydrogen-bond donors (Lipinski definition) is 1. The second kappa shape index (κ2) is 5.23. The highest BCUT2D eigenvalue weighted by Gasteiger charge is 2.20. The molecule has 19 heavy (non-hydrogen) atoms. The van der Waals surface area contributed by atoms with Gasteiger partial charge in [-0.1, -0.05) is 12.0 Å². The number of carboxylic acids is 1. The van der Waals surface area contributed by atoms with Gasteiger partial charge < -0.3 is 14.4 Å². The van der Waals surface area contributed by atoms with Crippen molar-refractivity contribution in [2.45, 2.75) is 0 Å². The maximum absolute atomic E-state index is 12.1. The van der Waals surface area contributed by atoms with Crippen LogP contribution in [0.15, 0.2) is 30.6 Å². The zero-order valence-electron chi connectivity index (χ0n) is 9.98. The molecule has 0 aromatic carbocycles. The Labute approximate surface area is 109 Å². The molecule has 96 valence electrons. The minimum absolute atomic E-state index is 0.0704. The summed E-state index contributed by atoms with van der Waals surface area (Å²) in [4.78, 5) is 28.0. The standard InChI is InChI=1S/C13H11N3O3/c1-2-6-16(9-12(17)18)13(19)10-8-15-7-4-3-5-11(15)14-10/h1,3-5,7-8H,6,9H2,(H,17,18). The molecule has 0 saturated carbocycles. The molecule has 0 spiro atoms. The van der Waals surface area contributed by atoms with E-state index in [1.807, 2.05) is 0 Å². The highest BCUT2D eigenvalue weighted by atomic mass is 16.4. The van der Waals surface area contributed by atoms with Crippen molar-refractivity contribution in [3.63, 3.8) is 0 Å². The van der Waals surface area contributed by atoms with Crippen molar-refractivity contribution in [3.8, 4) is 12.3 Å². The smallest absolute Gasteiger partial charge is 0.323 e. The topological polar surface area (TPSA) is 74.9 Å². The van der Waals surface area contributed by atoms with Gasteiger partial charge in [0.2, 0.25) is 0 Å². The third-order valence-corrected chi connectivity index (χ3v) is 2.48. The van der Waals surface area contributed by atoms with Crippen molar-refractivity contribution in [1.29, 1.82) is 0 Å². The number of carbonyl (C=O) groups excluding carboxylic acids is 1. The van der Waals surface area contributed by atoms with Crippen molar-refractivity contribution >= 4 is 17.5 Å². The number of pyridine rings is 1. The number of imidazole rings is 1. The molecule has 6 nitrogen and oxygen atoms in total. The first-order chi connectivity index (χ1) is 9.11. The normalized spacial score (nSPS) is 10.1. The Balaban J connectivity index is 2.30. The molecule has 0 saturated heterocycles. The zero-order valence-corrected chi connectivity index (χ0v) is 9.98. The highest BCUT2D eigenvalue weighted by Crippen LogP contribution is 2.07. The zero-order chi connectivity index (χ0) is 13.8. The van der Waals surface area contributed by atoms with E-state index in [4.69, 9.17) is 11.5 Å². The second-order valence-electron chi connectivity index (χ2n) is 3.85. The third-order valence-electron chi connectivity index (χ3n) is 2.48. The molecule has 2 aromatic rings.